The number of halogens is 1. The van der Waals surface area contributed by atoms with E-state index in [0.29, 0.717) is 12.1 Å². The van der Waals surface area contributed by atoms with E-state index in [0.717, 1.165) is 14.9 Å². The molecule has 2 aromatic carbocycles. The van der Waals surface area contributed by atoms with E-state index in [1.54, 1.807) is 18.0 Å². The fraction of sp³-hybridized carbons (Fsp3) is 0.133. The zero-order valence-corrected chi connectivity index (χ0v) is 13.0. The Bertz CT molecular complexity index is 586. The van der Waals surface area contributed by atoms with Crippen molar-refractivity contribution < 1.29 is 4.79 Å². The molecule has 0 aliphatic rings. The number of hydrogen-bond donors (Lipinski definition) is 1. The molecule has 0 aliphatic heterocycles. The van der Waals surface area contributed by atoms with Gasteiger partial charge in [0.05, 0.1) is 5.56 Å². The number of amides is 1. The molecule has 0 unspecified atom stereocenters. The van der Waals surface area contributed by atoms with Crippen LogP contribution in [0.5, 0.6) is 0 Å². The quantitative estimate of drug-likeness (QED) is 0.840. The highest BCUT2D eigenvalue weighted by Gasteiger charge is 2.15. The number of carbonyl (C=O) groups excluding carboxylic acids is 1. The molecule has 98 valence electrons. The lowest BCUT2D eigenvalue weighted by atomic mass is 10.1. The predicted molar refractivity (Wildman–Crippen MR) is 83.6 cm³/mol. The number of hydrogen-bond acceptors (Lipinski definition) is 2. The van der Waals surface area contributed by atoms with E-state index in [9.17, 15) is 4.79 Å². The van der Waals surface area contributed by atoms with Gasteiger partial charge in [0.25, 0.3) is 5.91 Å². The lowest BCUT2D eigenvalue weighted by Crippen LogP contribution is -2.26. The van der Waals surface area contributed by atoms with Crippen LogP contribution in [0.15, 0.2) is 57.9 Å². The molecule has 0 spiro atoms. The van der Waals surface area contributed by atoms with Gasteiger partial charge in [0, 0.05) is 23.0 Å². The van der Waals surface area contributed by atoms with Gasteiger partial charge in [0.2, 0.25) is 0 Å². The summed E-state index contributed by atoms with van der Waals surface area (Å²) >= 11 is 7.68. The van der Waals surface area contributed by atoms with Gasteiger partial charge in [-0.3, -0.25) is 4.79 Å². The minimum Gasteiger partial charge on any atom is -0.337 e. The van der Waals surface area contributed by atoms with Crippen LogP contribution in [0, 0.1) is 0 Å². The van der Waals surface area contributed by atoms with Gasteiger partial charge in [-0.05, 0) is 39.7 Å². The summed E-state index contributed by atoms with van der Waals surface area (Å²) in [7, 11) is 1.80. The zero-order valence-electron chi connectivity index (χ0n) is 10.5. The van der Waals surface area contributed by atoms with Crippen LogP contribution in [0.1, 0.15) is 15.9 Å². The van der Waals surface area contributed by atoms with E-state index in [-0.39, 0.29) is 5.91 Å². The van der Waals surface area contributed by atoms with Gasteiger partial charge < -0.3 is 4.90 Å². The van der Waals surface area contributed by atoms with Crippen LogP contribution in [-0.2, 0) is 6.54 Å². The molecule has 19 heavy (non-hydrogen) atoms. The second-order valence-electron chi connectivity index (χ2n) is 4.31. The molecule has 1 amide bonds. The van der Waals surface area contributed by atoms with Gasteiger partial charge >= 0.3 is 0 Å². The zero-order chi connectivity index (χ0) is 13.8. The maximum Gasteiger partial charge on any atom is 0.255 e. The Morgan fingerprint density at radius 3 is 2.58 bits per heavy atom. The van der Waals surface area contributed by atoms with Gasteiger partial charge in [-0.1, -0.05) is 30.3 Å². The first-order valence-corrected chi connectivity index (χ1v) is 7.10. The van der Waals surface area contributed by atoms with Crippen molar-refractivity contribution in [2.45, 2.75) is 11.4 Å². The minimum atomic E-state index is -0.0216. The molecule has 0 saturated heterocycles. The molecule has 2 nitrogen and oxygen atoms in total. The minimum absolute atomic E-state index is 0.0216. The molecule has 2 rings (SSSR count). The Labute approximate surface area is 127 Å². The Kier molecular flexibility index (Phi) is 4.66. The number of benzene rings is 2. The number of thiol groups is 1. The van der Waals surface area contributed by atoms with Gasteiger partial charge in [-0.25, -0.2) is 0 Å². The summed E-state index contributed by atoms with van der Waals surface area (Å²) in [4.78, 5) is 14.9. The normalized spacial score (nSPS) is 10.3. The van der Waals surface area contributed by atoms with Crippen LogP contribution in [-0.4, -0.2) is 17.9 Å². The van der Waals surface area contributed by atoms with Crippen LogP contribution in [0.25, 0.3) is 0 Å². The molecule has 0 bridgehead atoms. The van der Waals surface area contributed by atoms with Crippen molar-refractivity contribution in [1.82, 2.24) is 4.90 Å². The molecule has 0 saturated carbocycles. The highest BCUT2D eigenvalue weighted by atomic mass is 79.9. The van der Waals surface area contributed by atoms with Crippen LogP contribution in [0.4, 0.5) is 0 Å². The van der Waals surface area contributed by atoms with Crippen molar-refractivity contribution in [2.75, 3.05) is 7.05 Å². The summed E-state index contributed by atoms with van der Waals surface area (Å²) in [5.74, 6) is -0.0216. The molecule has 0 aromatic heterocycles. The first-order valence-electron chi connectivity index (χ1n) is 5.86. The monoisotopic (exact) mass is 335 g/mol. The Hall–Kier alpha value is -1.26. The highest BCUT2D eigenvalue weighted by molar-refractivity contribution is 9.10. The van der Waals surface area contributed by atoms with Crippen molar-refractivity contribution in [3.05, 3.63) is 64.1 Å². The van der Waals surface area contributed by atoms with Crippen LogP contribution in [0.3, 0.4) is 0 Å². The first-order chi connectivity index (χ1) is 9.08. The van der Waals surface area contributed by atoms with E-state index >= 15 is 0 Å². The second kappa shape index (κ2) is 6.26. The fourth-order valence-corrected chi connectivity index (χ4v) is 2.43. The fourth-order valence-electron chi connectivity index (χ4n) is 1.81. The van der Waals surface area contributed by atoms with E-state index in [2.05, 4.69) is 28.6 Å². The first kappa shape index (κ1) is 14.2. The predicted octanol–water partition coefficient (Wildman–Crippen LogP) is 4.01. The van der Waals surface area contributed by atoms with Gasteiger partial charge in [0.1, 0.15) is 0 Å². The van der Waals surface area contributed by atoms with Gasteiger partial charge in [-0.2, -0.15) is 0 Å². The lowest BCUT2D eigenvalue weighted by Gasteiger charge is -2.18. The molecule has 2 aromatic rings. The number of nitrogens with zero attached hydrogens (tertiary/aromatic N) is 1. The third-order valence-corrected chi connectivity index (χ3v) is 3.76. The summed E-state index contributed by atoms with van der Waals surface area (Å²) in [6.07, 6.45) is 0. The molecule has 0 heterocycles. The molecule has 0 atom stereocenters. The van der Waals surface area contributed by atoms with Crippen LogP contribution in [0.2, 0.25) is 0 Å². The summed E-state index contributed by atoms with van der Waals surface area (Å²) in [6.45, 7) is 0.586. The van der Waals surface area contributed by atoms with Crippen molar-refractivity contribution in [3.63, 3.8) is 0 Å². The van der Waals surface area contributed by atoms with Crippen LogP contribution < -0.4 is 0 Å². The van der Waals surface area contributed by atoms with Gasteiger partial charge in [0.15, 0.2) is 0 Å². The molecule has 0 fully saturated rings. The Balaban J connectivity index is 2.17. The van der Waals surface area contributed by atoms with Crippen LogP contribution >= 0.6 is 28.6 Å². The molecule has 4 heteroatoms. The van der Waals surface area contributed by atoms with E-state index in [4.69, 9.17) is 0 Å². The van der Waals surface area contributed by atoms with Crippen molar-refractivity contribution in [3.8, 4) is 0 Å². The van der Waals surface area contributed by atoms with Crippen molar-refractivity contribution in [2.24, 2.45) is 0 Å². The molecular weight excluding hydrogens is 322 g/mol. The van der Waals surface area contributed by atoms with E-state index in [1.807, 2.05) is 42.5 Å². The Morgan fingerprint density at radius 2 is 1.89 bits per heavy atom. The maximum absolute atomic E-state index is 12.4. The van der Waals surface area contributed by atoms with Gasteiger partial charge in [-0.15, -0.1) is 12.6 Å². The third-order valence-electron chi connectivity index (χ3n) is 2.79. The molecular formula is C15H14BrNOS. The van der Waals surface area contributed by atoms with E-state index < -0.39 is 0 Å². The summed E-state index contributed by atoms with van der Waals surface area (Å²) in [5, 5.41) is 0. The maximum atomic E-state index is 12.4. The summed E-state index contributed by atoms with van der Waals surface area (Å²) in [6, 6.07) is 15.4. The molecule has 0 aliphatic carbocycles. The third kappa shape index (κ3) is 3.61. The lowest BCUT2D eigenvalue weighted by molar-refractivity contribution is 0.0784. The highest BCUT2D eigenvalue weighted by Crippen LogP contribution is 2.22. The Morgan fingerprint density at radius 1 is 1.21 bits per heavy atom. The van der Waals surface area contributed by atoms with Crippen molar-refractivity contribution in [1.29, 1.82) is 0 Å². The average molecular weight is 336 g/mol. The average Bonchev–Trinajstić information content (AvgIpc) is 2.42. The van der Waals surface area contributed by atoms with E-state index in [1.165, 1.54) is 0 Å². The van der Waals surface area contributed by atoms with Crippen molar-refractivity contribution >= 4 is 34.5 Å². The largest absolute Gasteiger partial charge is 0.337 e. The smallest absolute Gasteiger partial charge is 0.255 e. The molecule has 0 radical (unpaired) electrons. The summed E-state index contributed by atoms with van der Waals surface area (Å²) < 4.78 is 0.787. The number of carbonyl (C=O) groups is 1. The standard InChI is InChI=1S/C15H14BrNOS/c1-17(10-11-5-3-2-4-6-11)15(18)13-9-12(19)7-8-14(13)16/h2-9,19H,10H2,1H3. The SMILES string of the molecule is CN(Cc1ccccc1)C(=O)c1cc(S)ccc1Br. The molecule has 0 N–H and O–H groups in total. The summed E-state index contributed by atoms with van der Waals surface area (Å²) in [5.41, 5.74) is 1.74. The number of rotatable bonds is 3. The second-order valence-corrected chi connectivity index (χ2v) is 5.68. The topological polar surface area (TPSA) is 20.3 Å².